The monoisotopic (exact) mass is 1030 g/mol. The highest BCUT2D eigenvalue weighted by Crippen LogP contribution is 2.64. The van der Waals surface area contributed by atoms with E-state index in [0.717, 1.165) is 34.1 Å². The second-order valence-corrected chi connectivity index (χ2v) is 24.0. The molecule has 0 aromatic heterocycles. The summed E-state index contributed by atoms with van der Waals surface area (Å²) in [4.78, 5) is 4.99. The van der Waals surface area contributed by atoms with Crippen LogP contribution in [0.5, 0.6) is 0 Å². The first-order valence-electron chi connectivity index (χ1n) is 28.6. The van der Waals surface area contributed by atoms with Gasteiger partial charge < -0.3 is 9.80 Å². The molecule has 0 atom stereocenters. The van der Waals surface area contributed by atoms with Crippen LogP contribution in [0.1, 0.15) is 72.2 Å². The number of hydrogen-bond donors (Lipinski definition) is 0. The van der Waals surface area contributed by atoms with Crippen LogP contribution in [-0.4, -0.2) is 0 Å². The summed E-state index contributed by atoms with van der Waals surface area (Å²) in [5.41, 5.74) is 27.1. The lowest BCUT2D eigenvalue weighted by molar-refractivity contribution is 0.660. The Morgan fingerprint density at radius 3 is 0.963 bits per heavy atom. The Kier molecular flexibility index (Phi) is 9.49. The molecule has 17 rings (SSSR count). The van der Waals surface area contributed by atoms with Gasteiger partial charge in [-0.25, -0.2) is 0 Å². The van der Waals surface area contributed by atoms with E-state index in [4.69, 9.17) is 0 Å². The van der Waals surface area contributed by atoms with Crippen molar-refractivity contribution in [1.82, 2.24) is 0 Å². The predicted octanol–water partition coefficient (Wildman–Crippen LogP) is 21.0. The third-order valence-corrected chi connectivity index (χ3v) is 19.2. The Morgan fingerprint density at radius 2 is 0.494 bits per heavy atom. The van der Waals surface area contributed by atoms with Gasteiger partial charge in [0, 0.05) is 45.0 Å². The molecule has 0 amide bonds. The summed E-state index contributed by atoms with van der Waals surface area (Å²) in [6.45, 7) is 9.52. The van der Waals surface area contributed by atoms with E-state index in [2.05, 4.69) is 304 Å². The maximum absolute atomic E-state index is 2.55. The summed E-state index contributed by atoms with van der Waals surface area (Å²) in [7, 11) is 0. The molecule has 0 aliphatic heterocycles. The van der Waals surface area contributed by atoms with Crippen molar-refractivity contribution in [3.05, 3.63) is 311 Å². The number of hydrogen-bond acceptors (Lipinski definition) is 2. The molecule has 81 heavy (non-hydrogen) atoms. The van der Waals surface area contributed by atoms with Crippen LogP contribution in [0.15, 0.2) is 267 Å². The molecular weight excluding hydrogens is 977 g/mol. The SMILES string of the molecule is CC1(C)c2ccccc2-c2ccc(N(c3ccc4c(c3)C3(c5ccccc5-c5ccccc53)c3cc5cc(N(c6ccc7c(c6)C(C)(C)c6ccccc6-7)c6ccc7ccccc7c6)ccc5cc3-4)c3ccc4ccccc4c3)cc21. The van der Waals surface area contributed by atoms with Gasteiger partial charge in [0.1, 0.15) is 0 Å². The smallest absolute Gasteiger partial charge is 0.0726 e. The molecule has 382 valence electrons. The van der Waals surface area contributed by atoms with E-state index in [1.165, 1.54) is 121 Å². The summed E-state index contributed by atoms with van der Waals surface area (Å²) in [5.74, 6) is 0. The second kappa shape index (κ2) is 16.6. The second-order valence-electron chi connectivity index (χ2n) is 24.0. The molecule has 4 aliphatic rings. The van der Waals surface area contributed by atoms with Gasteiger partial charge in [0.05, 0.1) is 5.41 Å². The van der Waals surface area contributed by atoms with E-state index in [1.54, 1.807) is 0 Å². The Balaban J connectivity index is 0.879. The van der Waals surface area contributed by atoms with Gasteiger partial charge in [0.15, 0.2) is 0 Å². The summed E-state index contributed by atoms with van der Waals surface area (Å²) in [6, 6.07) is 101. The van der Waals surface area contributed by atoms with Gasteiger partial charge >= 0.3 is 0 Å². The quantitative estimate of drug-likeness (QED) is 0.164. The molecular formula is C79H56N2. The minimum absolute atomic E-state index is 0.144. The fourth-order valence-corrected chi connectivity index (χ4v) is 15.3. The normalized spacial score (nSPS) is 14.7. The molecule has 0 bridgehead atoms. The average Bonchev–Trinajstić information content (AvgIpc) is 2.44. The van der Waals surface area contributed by atoms with E-state index in [9.17, 15) is 0 Å². The Bertz CT molecular complexity index is 4810. The molecule has 0 saturated carbocycles. The Labute approximate surface area is 473 Å². The number of nitrogens with zero attached hydrogens (tertiary/aromatic N) is 2. The minimum Gasteiger partial charge on any atom is -0.310 e. The zero-order valence-corrected chi connectivity index (χ0v) is 45.8. The van der Waals surface area contributed by atoms with Crippen molar-refractivity contribution in [2.24, 2.45) is 0 Å². The van der Waals surface area contributed by atoms with Crippen molar-refractivity contribution in [3.63, 3.8) is 0 Å². The van der Waals surface area contributed by atoms with Crippen molar-refractivity contribution in [2.75, 3.05) is 9.80 Å². The number of fused-ring (bicyclic) bond motifs is 19. The van der Waals surface area contributed by atoms with E-state index < -0.39 is 5.41 Å². The average molecular weight is 1030 g/mol. The molecule has 1 spiro atoms. The third kappa shape index (κ3) is 6.39. The number of rotatable bonds is 6. The largest absolute Gasteiger partial charge is 0.310 e. The van der Waals surface area contributed by atoms with Gasteiger partial charge in [-0.05, 0) is 206 Å². The van der Waals surface area contributed by atoms with Crippen LogP contribution in [0.3, 0.4) is 0 Å². The lowest BCUT2D eigenvalue weighted by Crippen LogP contribution is -2.26. The van der Waals surface area contributed by atoms with Gasteiger partial charge in [-0.2, -0.15) is 0 Å². The molecule has 0 fully saturated rings. The fraction of sp³-hybridized carbons (Fsp3) is 0.0886. The van der Waals surface area contributed by atoms with Gasteiger partial charge in [-0.1, -0.05) is 210 Å². The van der Waals surface area contributed by atoms with Gasteiger partial charge in [-0.3, -0.25) is 0 Å². The Morgan fingerprint density at radius 1 is 0.198 bits per heavy atom. The molecule has 13 aromatic rings. The molecule has 0 heterocycles. The predicted molar refractivity (Wildman–Crippen MR) is 340 cm³/mol. The first-order valence-corrected chi connectivity index (χ1v) is 28.6. The first-order chi connectivity index (χ1) is 39.6. The molecule has 0 unspecified atom stereocenters. The minimum atomic E-state index is -0.590. The van der Waals surface area contributed by atoms with Crippen LogP contribution >= 0.6 is 0 Å². The van der Waals surface area contributed by atoms with Crippen LogP contribution in [0.25, 0.3) is 76.8 Å². The van der Waals surface area contributed by atoms with Crippen molar-refractivity contribution < 1.29 is 0 Å². The van der Waals surface area contributed by atoms with Crippen molar-refractivity contribution in [1.29, 1.82) is 0 Å². The van der Waals surface area contributed by atoms with E-state index in [0.29, 0.717) is 0 Å². The first kappa shape index (κ1) is 46.2. The standard InChI is InChI=1S/C79H56N2/c1-77(2)69-25-13-9-21-61(69)65-38-35-58(46-73(65)77)80(55-32-29-49-17-5-7-19-51(49)41-55)57-34-31-53-44-68-67-40-37-60(48-76(67)79(75(68)45-54(53)43-57)71-27-15-11-23-63(71)64-24-12-16-28-72(64)79)81(56-33-30-50-18-6-8-20-52(50)42-56)59-36-39-66-62-22-10-14-26-70(62)78(3,4)74(66)47-59/h5-48H,1-4H3. The number of anilines is 6. The van der Waals surface area contributed by atoms with Crippen molar-refractivity contribution >= 4 is 66.4 Å². The van der Waals surface area contributed by atoms with Gasteiger partial charge in [0.2, 0.25) is 0 Å². The number of benzene rings is 13. The molecule has 0 radical (unpaired) electrons. The van der Waals surface area contributed by atoms with Crippen LogP contribution in [0.4, 0.5) is 34.1 Å². The van der Waals surface area contributed by atoms with Crippen LogP contribution in [0.2, 0.25) is 0 Å². The molecule has 4 aliphatic carbocycles. The molecule has 2 nitrogen and oxygen atoms in total. The molecule has 2 heteroatoms. The Hall–Kier alpha value is -9.76. The highest BCUT2D eigenvalue weighted by molar-refractivity contribution is 6.03. The molecule has 13 aromatic carbocycles. The van der Waals surface area contributed by atoms with Crippen LogP contribution in [-0.2, 0) is 16.2 Å². The summed E-state index contributed by atoms with van der Waals surface area (Å²) < 4.78 is 0. The third-order valence-electron chi connectivity index (χ3n) is 19.2. The van der Waals surface area contributed by atoms with Crippen LogP contribution in [0, 0.1) is 0 Å². The topological polar surface area (TPSA) is 6.48 Å². The summed E-state index contributed by atoms with van der Waals surface area (Å²) >= 11 is 0. The maximum Gasteiger partial charge on any atom is 0.0726 e. The van der Waals surface area contributed by atoms with Crippen molar-refractivity contribution in [2.45, 2.75) is 43.9 Å². The highest BCUT2D eigenvalue weighted by atomic mass is 15.1. The van der Waals surface area contributed by atoms with Crippen LogP contribution < -0.4 is 9.80 Å². The lowest BCUT2D eigenvalue weighted by Gasteiger charge is -2.33. The van der Waals surface area contributed by atoms with Crippen molar-refractivity contribution in [3.8, 4) is 44.5 Å². The molecule has 0 saturated heterocycles. The van der Waals surface area contributed by atoms with E-state index >= 15 is 0 Å². The fourth-order valence-electron chi connectivity index (χ4n) is 15.3. The lowest BCUT2D eigenvalue weighted by atomic mass is 9.70. The maximum atomic E-state index is 2.55. The van der Waals surface area contributed by atoms with Gasteiger partial charge in [-0.15, -0.1) is 0 Å². The summed E-state index contributed by atoms with van der Waals surface area (Å²) in [5, 5.41) is 7.32. The van der Waals surface area contributed by atoms with E-state index in [-0.39, 0.29) is 10.8 Å². The van der Waals surface area contributed by atoms with E-state index in [1.807, 2.05) is 0 Å². The van der Waals surface area contributed by atoms with Gasteiger partial charge in [0.25, 0.3) is 0 Å². The zero-order chi connectivity index (χ0) is 53.9. The summed E-state index contributed by atoms with van der Waals surface area (Å²) in [6.07, 6.45) is 0. The zero-order valence-electron chi connectivity index (χ0n) is 45.8. The molecule has 0 N–H and O–H groups in total. The highest BCUT2D eigenvalue weighted by Gasteiger charge is 2.52.